The fraction of sp³-hybridized carbons (Fsp3) is 0.0909. The summed E-state index contributed by atoms with van der Waals surface area (Å²) in [6.45, 7) is 0. The van der Waals surface area contributed by atoms with Crippen LogP contribution in [0.1, 0.15) is 11.3 Å². The molecule has 0 unspecified atom stereocenters. The maximum absolute atomic E-state index is 13.5. The Morgan fingerprint density at radius 2 is 1.87 bits per heavy atom. The minimum Gasteiger partial charge on any atom is -0.238 e. The van der Waals surface area contributed by atoms with Gasteiger partial charge in [0.1, 0.15) is 10.9 Å². The average Bonchev–Trinajstić information content (AvgIpc) is 2.26. The van der Waals surface area contributed by atoms with Gasteiger partial charge in [-0.05, 0) is 21.5 Å². The van der Waals surface area contributed by atoms with Gasteiger partial charge in [0.15, 0.2) is 5.82 Å². The van der Waals surface area contributed by atoms with Crippen molar-refractivity contribution in [3.63, 3.8) is 0 Å². The minimum atomic E-state index is -0.388. The molecule has 0 aliphatic heterocycles. The van der Waals surface area contributed by atoms with Crippen molar-refractivity contribution in [3.8, 4) is 0 Å². The molecule has 0 aliphatic rings. The van der Waals surface area contributed by atoms with E-state index in [1.54, 1.807) is 0 Å². The predicted octanol–water partition coefficient (Wildman–Crippen LogP) is 2.97. The summed E-state index contributed by atoms with van der Waals surface area (Å²) in [6, 6.07) is 9.65. The Morgan fingerprint density at radius 1 is 1.13 bits per heavy atom. The van der Waals surface area contributed by atoms with Crippen LogP contribution in [0.5, 0.6) is 0 Å². The second kappa shape index (κ2) is 4.49. The van der Waals surface area contributed by atoms with Gasteiger partial charge in [-0.2, -0.15) is 0 Å². The van der Waals surface area contributed by atoms with Gasteiger partial charge in [0.25, 0.3) is 0 Å². The quantitative estimate of drug-likeness (QED) is 0.782. The highest BCUT2D eigenvalue weighted by Crippen LogP contribution is 2.16. The Bertz CT molecular complexity index is 459. The largest absolute Gasteiger partial charge is 0.238 e. The van der Waals surface area contributed by atoms with E-state index in [2.05, 4.69) is 25.9 Å². The van der Waals surface area contributed by atoms with Crippen LogP contribution in [0.25, 0.3) is 0 Å². The topological polar surface area (TPSA) is 25.8 Å². The maximum Gasteiger partial charge on any atom is 0.177 e. The number of benzene rings is 1. The van der Waals surface area contributed by atoms with E-state index in [4.69, 9.17) is 0 Å². The molecule has 4 heteroatoms. The van der Waals surface area contributed by atoms with Gasteiger partial charge in [-0.25, -0.2) is 14.4 Å². The summed E-state index contributed by atoms with van der Waals surface area (Å²) >= 11 is 3.03. The molecule has 76 valence electrons. The minimum absolute atomic E-state index is 0.212. The molecule has 0 bridgehead atoms. The van der Waals surface area contributed by atoms with Gasteiger partial charge in [0, 0.05) is 6.42 Å². The fourth-order valence-electron chi connectivity index (χ4n) is 1.29. The number of hydrogen-bond donors (Lipinski definition) is 0. The molecule has 0 aliphatic carbocycles. The van der Waals surface area contributed by atoms with Crippen LogP contribution in [0.2, 0.25) is 0 Å². The van der Waals surface area contributed by atoms with Crippen LogP contribution >= 0.6 is 15.9 Å². The lowest BCUT2D eigenvalue weighted by atomic mass is 10.1. The molecule has 1 aromatic carbocycles. The first-order valence-corrected chi connectivity index (χ1v) is 5.25. The van der Waals surface area contributed by atoms with Crippen molar-refractivity contribution < 1.29 is 4.39 Å². The van der Waals surface area contributed by atoms with Crippen molar-refractivity contribution in [1.29, 1.82) is 0 Å². The first-order chi connectivity index (χ1) is 7.27. The van der Waals surface area contributed by atoms with Crippen LogP contribution in [0.3, 0.4) is 0 Å². The molecule has 0 fully saturated rings. The Morgan fingerprint density at radius 3 is 2.60 bits per heavy atom. The van der Waals surface area contributed by atoms with E-state index < -0.39 is 0 Å². The zero-order valence-corrected chi connectivity index (χ0v) is 9.41. The monoisotopic (exact) mass is 266 g/mol. The van der Waals surface area contributed by atoms with Crippen LogP contribution in [-0.2, 0) is 6.42 Å². The van der Waals surface area contributed by atoms with E-state index in [1.807, 2.05) is 30.3 Å². The molecule has 0 atom stereocenters. The van der Waals surface area contributed by atoms with Crippen LogP contribution in [-0.4, -0.2) is 9.97 Å². The normalized spacial score (nSPS) is 10.3. The van der Waals surface area contributed by atoms with Crippen molar-refractivity contribution in [2.75, 3.05) is 0 Å². The van der Waals surface area contributed by atoms with Crippen LogP contribution in [0, 0.1) is 5.82 Å². The van der Waals surface area contributed by atoms with Gasteiger partial charge in [-0.3, -0.25) is 0 Å². The summed E-state index contributed by atoms with van der Waals surface area (Å²) in [6.07, 6.45) is 1.83. The number of hydrogen-bond acceptors (Lipinski definition) is 2. The second-order valence-electron chi connectivity index (χ2n) is 3.09. The van der Waals surface area contributed by atoms with E-state index in [9.17, 15) is 4.39 Å². The molecule has 2 nitrogen and oxygen atoms in total. The van der Waals surface area contributed by atoms with E-state index in [0.717, 1.165) is 5.56 Å². The van der Waals surface area contributed by atoms with Gasteiger partial charge in [-0.1, -0.05) is 30.3 Å². The summed E-state index contributed by atoms with van der Waals surface area (Å²) in [4.78, 5) is 7.63. The van der Waals surface area contributed by atoms with Crippen molar-refractivity contribution in [2.45, 2.75) is 6.42 Å². The molecule has 2 aromatic rings. The molecule has 1 aromatic heterocycles. The Kier molecular flexibility index (Phi) is 3.06. The maximum atomic E-state index is 13.5. The Labute approximate surface area is 95.3 Å². The Balaban J connectivity index is 2.29. The SMILES string of the molecule is Fc1c(Br)ncnc1Cc1ccccc1. The summed E-state index contributed by atoms with van der Waals surface area (Å²) in [5.41, 5.74) is 1.44. The molecular weight excluding hydrogens is 259 g/mol. The molecule has 0 spiro atoms. The molecule has 0 radical (unpaired) electrons. The third-order valence-electron chi connectivity index (χ3n) is 2.03. The van der Waals surface area contributed by atoms with E-state index in [-0.39, 0.29) is 10.4 Å². The number of rotatable bonds is 2. The molecule has 15 heavy (non-hydrogen) atoms. The van der Waals surface area contributed by atoms with Crippen LogP contribution in [0.15, 0.2) is 41.3 Å². The van der Waals surface area contributed by atoms with Gasteiger partial charge in [0.05, 0.1) is 5.69 Å². The summed E-state index contributed by atoms with van der Waals surface area (Å²) in [5.74, 6) is -0.388. The molecule has 0 amide bonds. The summed E-state index contributed by atoms with van der Waals surface area (Å²) in [7, 11) is 0. The molecule has 0 saturated heterocycles. The summed E-state index contributed by atoms with van der Waals surface area (Å²) in [5, 5.41) is 0. The third kappa shape index (κ3) is 2.39. The smallest absolute Gasteiger partial charge is 0.177 e. The first kappa shape index (κ1) is 10.2. The number of halogens is 2. The molecule has 0 saturated carbocycles. The van der Waals surface area contributed by atoms with Gasteiger partial charge in [-0.15, -0.1) is 0 Å². The van der Waals surface area contributed by atoms with E-state index in [1.165, 1.54) is 6.33 Å². The van der Waals surface area contributed by atoms with Crippen LogP contribution < -0.4 is 0 Å². The number of aromatic nitrogens is 2. The molecule has 0 N–H and O–H groups in total. The van der Waals surface area contributed by atoms with Gasteiger partial charge in [0.2, 0.25) is 0 Å². The fourth-order valence-corrected chi connectivity index (χ4v) is 1.61. The van der Waals surface area contributed by atoms with Crippen molar-refractivity contribution in [1.82, 2.24) is 9.97 Å². The highest BCUT2D eigenvalue weighted by molar-refractivity contribution is 9.10. The summed E-state index contributed by atoms with van der Waals surface area (Å²) < 4.78 is 13.7. The molecule has 1 heterocycles. The lowest BCUT2D eigenvalue weighted by molar-refractivity contribution is 0.587. The third-order valence-corrected chi connectivity index (χ3v) is 2.59. The van der Waals surface area contributed by atoms with Gasteiger partial charge >= 0.3 is 0 Å². The lowest BCUT2D eigenvalue weighted by Gasteiger charge is -2.02. The standard InChI is InChI=1S/C11H8BrFN2/c12-11-10(13)9(14-7-15-11)6-8-4-2-1-3-5-8/h1-5,7H,6H2. The van der Waals surface area contributed by atoms with Crippen LogP contribution in [0.4, 0.5) is 4.39 Å². The highest BCUT2D eigenvalue weighted by Gasteiger charge is 2.08. The predicted molar refractivity (Wildman–Crippen MR) is 58.9 cm³/mol. The van der Waals surface area contributed by atoms with Crippen molar-refractivity contribution >= 4 is 15.9 Å². The van der Waals surface area contributed by atoms with Gasteiger partial charge < -0.3 is 0 Å². The average molecular weight is 267 g/mol. The molecule has 2 rings (SSSR count). The lowest BCUT2D eigenvalue weighted by Crippen LogP contribution is -1.98. The zero-order chi connectivity index (χ0) is 10.7. The first-order valence-electron chi connectivity index (χ1n) is 4.46. The van der Waals surface area contributed by atoms with E-state index in [0.29, 0.717) is 12.1 Å². The highest BCUT2D eigenvalue weighted by atomic mass is 79.9. The zero-order valence-electron chi connectivity index (χ0n) is 7.82. The Hall–Kier alpha value is -1.29. The van der Waals surface area contributed by atoms with E-state index >= 15 is 0 Å². The second-order valence-corrected chi connectivity index (χ2v) is 3.84. The van der Waals surface area contributed by atoms with Crippen molar-refractivity contribution in [3.05, 3.63) is 58.3 Å². The molecular formula is C11H8BrFN2. The van der Waals surface area contributed by atoms with Crippen molar-refractivity contribution in [2.24, 2.45) is 0 Å². The number of nitrogens with zero attached hydrogens (tertiary/aromatic N) is 2.